The molecule has 1 aromatic heterocycles. The fourth-order valence-electron chi connectivity index (χ4n) is 1.81. The number of aromatic nitrogens is 1. The van der Waals surface area contributed by atoms with Gasteiger partial charge in [0.05, 0.1) is 12.3 Å². The van der Waals surface area contributed by atoms with E-state index in [0.29, 0.717) is 12.5 Å². The van der Waals surface area contributed by atoms with Gasteiger partial charge in [-0.2, -0.15) is 0 Å². The molecule has 2 aromatic rings. The topological polar surface area (TPSA) is 34.1 Å². The molecule has 0 aliphatic rings. The molecule has 0 fully saturated rings. The summed E-state index contributed by atoms with van der Waals surface area (Å²) in [4.78, 5) is 4.23. The van der Waals surface area contributed by atoms with Crippen molar-refractivity contribution < 1.29 is 4.74 Å². The van der Waals surface area contributed by atoms with Gasteiger partial charge in [0, 0.05) is 12.2 Å². The van der Waals surface area contributed by atoms with E-state index in [-0.39, 0.29) is 6.04 Å². The van der Waals surface area contributed by atoms with E-state index in [1.165, 1.54) is 5.56 Å². The van der Waals surface area contributed by atoms with Gasteiger partial charge in [0.2, 0.25) is 5.88 Å². The number of benzene rings is 1. The third-order valence-electron chi connectivity index (χ3n) is 2.72. The molecule has 3 nitrogen and oxygen atoms in total. The minimum absolute atomic E-state index is 0.217. The average molecular weight is 242 g/mol. The molecule has 0 aliphatic heterocycles. The van der Waals surface area contributed by atoms with Gasteiger partial charge in [-0.25, -0.2) is 4.98 Å². The van der Waals surface area contributed by atoms with Crippen LogP contribution >= 0.6 is 0 Å². The summed E-state index contributed by atoms with van der Waals surface area (Å²) in [5.41, 5.74) is 2.17. The first-order valence-corrected chi connectivity index (χ1v) is 6.20. The molecule has 18 heavy (non-hydrogen) atoms. The molecule has 0 saturated heterocycles. The summed E-state index contributed by atoms with van der Waals surface area (Å²) in [7, 11) is 0. The Morgan fingerprint density at radius 1 is 1.17 bits per heavy atom. The minimum Gasteiger partial charge on any atom is -0.476 e. The van der Waals surface area contributed by atoms with Crippen LogP contribution in [0.2, 0.25) is 0 Å². The highest BCUT2D eigenvalue weighted by molar-refractivity contribution is 5.53. The van der Waals surface area contributed by atoms with Gasteiger partial charge in [0.1, 0.15) is 0 Å². The lowest BCUT2D eigenvalue weighted by Gasteiger charge is -2.17. The van der Waals surface area contributed by atoms with Crippen LogP contribution in [0.1, 0.15) is 25.5 Å². The third-order valence-corrected chi connectivity index (χ3v) is 2.72. The number of rotatable bonds is 5. The lowest BCUT2D eigenvalue weighted by molar-refractivity contribution is 0.328. The van der Waals surface area contributed by atoms with Crippen molar-refractivity contribution in [1.82, 2.24) is 4.98 Å². The number of nitrogens with one attached hydrogen (secondary N) is 1. The number of hydrogen-bond acceptors (Lipinski definition) is 3. The first-order valence-electron chi connectivity index (χ1n) is 6.20. The Bertz CT molecular complexity index is 485. The predicted octanol–water partition coefficient (Wildman–Crippen LogP) is 3.65. The Morgan fingerprint density at radius 2 is 1.94 bits per heavy atom. The van der Waals surface area contributed by atoms with Crippen LogP contribution in [0.15, 0.2) is 48.7 Å². The van der Waals surface area contributed by atoms with E-state index in [1.54, 1.807) is 6.20 Å². The van der Waals surface area contributed by atoms with E-state index in [0.717, 1.165) is 5.69 Å². The largest absolute Gasteiger partial charge is 0.476 e. The molecular formula is C15H18N2O. The molecule has 1 N–H and O–H groups in total. The second-order valence-corrected chi connectivity index (χ2v) is 4.07. The number of ether oxygens (including phenoxy) is 1. The van der Waals surface area contributed by atoms with E-state index >= 15 is 0 Å². The Morgan fingerprint density at radius 3 is 2.67 bits per heavy atom. The van der Waals surface area contributed by atoms with Gasteiger partial charge in [0.15, 0.2) is 0 Å². The van der Waals surface area contributed by atoms with Crippen molar-refractivity contribution in [2.45, 2.75) is 19.9 Å². The zero-order valence-electron chi connectivity index (χ0n) is 10.8. The van der Waals surface area contributed by atoms with Crippen LogP contribution in [0.4, 0.5) is 5.69 Å². The van der Waals surface area contributed by atoms with Gasteiger partial charge in [-0.15, -0.1) is 0 Å². The Labute approximate surface area is 108 Å². The fourth-order valence-corrected chi connectivity index (χ4v) is 1.81. The Kier molecular flexibility index (Phi) is 4.18. The summed E-state index contributed by atoms with van der Waals surface area (Å²) < 4.78 is 5.50. The first-order chi connectivity index (χ1) is 8.81. The quantitative estimate of drug-likeness (QED) is 0.869. The lowest BCUT2D eigenvalue weighted by atomic mass is 10.1. The number of pyridine rings is 1. The van der Waals surface area contributed by atoms with Crippen LogP contribution in [0.3, 0.4) is 0 Å². The number of anilines is 1. The summed E-state index contributed by atoms with van der Waals surface area (Å²) in [6.07, 6.45) is 1.74. The normalized spacial score (nSPS) is 11.9. The molecule has 0 bridgehead atoms. The van der Waals surface area contributed by atoms with Crippen molar-refractivity contribution in [1.29, 1.82) is 0 Å². The first kappa shape index (κ1) is 12.4. The van der Waals surface area contributed by atoms with Gasteiger partial charge < -0.3 is 10.1 Å². The second kappa shape index (κ2) is 6.05. The smallest absolute Gasteiger partial charge is 0.237 e. The highest BCUT2D eigenvalue weighted by atomic mass is 16.5. The molecule has 94 valence electrons. The van der Waals surface area contributed by atoms with Gasteiger partial charge in [-0.3, -0.25) is 0 Å². The molecule has 0 amide bonds. The molecule has 2 rings (SSSR count). The fraction of sp³-hybridized carbons (Fsp3) is 0.267. The molecule has 3 heteroatoms. The van der Waals surface area contributed by atoms with Crippen LogP contribution in [0.25, 0.3) is 0 Å². The van der Waals surface area contributed by atoms with Crippen LogP contribution in [-0.2, 0) is 0 Å². The maximum Gasteiger partial charge on any atom is 0.237 e. The maximum absolute atomic E-state index is 5.50. The summed E-state index contributed by atoms with van der Waals surface area (Å²) in [6, 6.07) is 14.4. The molecule has 0 saturated carbocycles. The van der Waals surface area contributed by atoms with Crippen LogP contribution in [0.5, 0.6) is 5.88 Å². The van der Waals surface area contributed by atoms with E-state index in [9.17, 15) is 0 Å². The molecular weight excluding hydrogens is 224 g/mol. The second-order valence-electron chi connectivity index (χ2n) is 4.07. The van der Waals surface area contributed by atoms with E-state index < -0.39 is 0 Å². The standard InChI is InChI=1S/C15H18N2O/c1-3-18-15-14(10-7-11-16-15)17-12(2)13-8-5-4-6-9-13/h4-12,17H,3H2,1-2H3. The highest BCUT2D eigenvalue weighted by Gasteiger charge is 2.09. The van der Waals surface area contributed by atoms with Crippen LogP contribution in [0, 0.1) is 0 Å². The summed E-state index contributed by atoms with van der Waals surface area (Å²) in [6.45, 7) is 4.70. The lowest BCUT2D eigenvalue weighted by Crippen LogP contribution is -2.08. The zero-order chi connectivity index (χ0) is 12.8. The van der Waals surface area contributed by atoms with Crippen molar-refractivity contribution in [3.05, 3.63) is 54.2 Å². The van der Waals surface area contributed by atoms with Crippen molar-refractivity contribution in [2.75, 3.05) is 11.9 Å². The summed E-state index contributed by atoms with van der Waals surface area (Å²) in [5.74, 6) is 0.655. The highest BCUT2D eigenvalue weighted by Crippen LogP contribution is 2.25. The maximum atomic E-state index is 5.50. The van der Waals surface area contributed by atoms with Crippen molar-refractivity contribution in [2.24, 2.45) is 0 Å². The SMILES string of the molecule is CCOc1ncccc1NC(C)c1ccccc1. The van der Waals surface area contributed by atoms with E-state index in [4.69, 9.17) is 4.74 Å². The average Bonchev–Trinajstić information content (AvgIpc) is 2.42. The van der Waals surface area contributed by atoms with Crippen LogP contribution < -0.4 is 10.1 Å². The third kappa shape index (κ3) is 3.00. The van der Waals surface area contributed by atoms with E-state index in [2.05, 4.69) is 29.4 Å². The van der Waals surface area contributed by atoms with E-state index in [1.807, 2.05) is 37.3 Å². The van der Waals surface area contributed by atoms with Gasteiger partial charge >= 0.3 is 0 Å². The van der Waals surface area contributed by atoms with Gasteiger partial charge in [-0.05, 0) is 31.5 Å². The Balaban J connectivity index is 2.14. The van der Waals surface area contributed by atoms with Crippen LogP contribution in [-0.4, -0.2) is 11.6 Å². The minimum atomic E-state index is 0.217. The van der Waals surface area contributed by atoms with Gasteiger partial charge in [0.25, 0.3) is 0 Å². The monoisotopic (exact) mass is 242 g/mol. The number of nitrogens with zero attached hydrogens (tertiary/aromatic N) is 1. The molecule has 1 aromatic carbocycles. The molecule has 1 unspecified atom stereocenters. The molecule has 1 heterocycles. The molecule has 1 atom stereocenters. The van der Waals surface area contributed by atoms with Gasteiger partial charge in [-0.1, -0.05) is 30.3 Å². The summed E-state index contributed by atoms with van der Waals surface area (Å²) >= 11 is 0. The Hall–Kier alpha value is -2.03. The zero-order valence-corrected chi connectivity index (χ0v) is 10.8. The van der Waals surface area contributed by atoms with Crippen molar-refractivity contribution in [3.63, 3.8) is 0 Å². The molecule has 0 aliphatic carbocycles. The molecule has 0 spiro atoms. The van der Waals surface area contributed by atoms with Crippen molar-refractivity contribution >= 4 is 5.69 Å². The van der Waals surface area contributed by atoms with Crippen molar-refractivity contribution in [3.8, 4) is 5.88 Å². The summed E-state index contributed by atoms with van der Waals surface area (Å²) in [5, 5.41) is 3.42. The number of hydrogen-bond donors (Lipinski definition) is 1. The predicted molar refractivity (Wildman–Crippen MR) is 73.9 cm³/mol. The molecule has 0 radical (unpaired) electrons.